The van der Waals surface area contributed by atoms with E-state index in [1.54, 1.807) is 17.0 Å². The molecule has 0 saturated carbocycles. The quantitative estimate of drug-likeness (QED) is 0.937. The number of benzene rings is 2. The van der Waals surface area contributed by atoms with Crippen molar-refractivity contribution in [1.29, 1.82) is 0 Å². The highest BCUT2D eigenvalue weighted by Crippen LogP contribution is 2.22. The molecule has 0 radical (unpaired) electrons. The molecule has 2 aromatic rings. The second kappa shape index (κ2) is 6.50. The van der Waals surface area contributed by atoms with Crippen LogP contribution in [0.25, 0.3) is 0 Å². The molecule has 2 rings (SSSR count). The zero-order valence-electron chi connectivity index (χ0n) is 12.2. The maximum atomic E-state index is 13.8. The lowest BCUT2D eigenvalue weighted by atomic mass is 10.1. The molecule has 1 amide bonds. The van der Waals surface area contributed by atoms with Crippen molar-refractivity contribution in [3.63, 3.8) is 0 Å². The lowest BCUT2D eigenvalue weighted by Crippen LogP contribution is -2.37. The molecule has 0 bridgehead atoms. The van der Waals surface area contributed by atoms with Crippen molar-refractivity contribution in [2.75, 3.05) is 4.90 Å². The number of halogens is 1. The van der Waals surface area contributed by atoms with Gasteiger partial charge >= 0.3 is 0 Å². The molecule has 4 heteroatoms. The molecule has 0 aliphatic carbocycles. The Morgan fingerprint density at radius 2 is 1.76 bits per heavy atom. The predicted octanol–water partition coefficient (Wildman–Crippen LogP) is 3.34. The Labute approximate surface area is 124 Å². The van der Waals surface area contributed by atoms with Crippen LogP contribution in [0.4, 0.5) is 10.1 Å². The highest BCUT2D eigenvalue weighted by atomic mass is 19.1. The van der Waals surface area contributed by atoms with Gasteiger partial charge in [0.15, 0.2) is 0 Å². The number of anilines is 1. The van der Waals surface area contributed by atoms with E-state index in [-0.39, 0.29) is 17.5 Å². The smallest absolute Gasteiger partial charge is 0.261 e. The maximum absolute atomic E-state index is 13.8. The number of rotatable bonds is 4. The van der Waals surface area contributed by atoms with Gasteiger partial charge in [-0.1, -0.05) is 24.3 Å². The highest BCUT2D eigenvalue weighted by molar-refractivity contribution is 6.06. The summed E-state index contributed by atoms with van der Waals surface area (Å²) in [5, 5.41) is 0. The molecule has 0 spiro atoms. The van der Waals surface area contributed by atoms with Crippen LogP contribution < -0.4 is 10.6 Å². The fourth-order valence-electron chi connectivity index (χ4n) is 2.21. The summed E-state index contributed by atoms with van der Waals surface area (Å²) in [4.78, 5) is 14.2. The molecule has 0 aliphatic heterocycles. The molecule has 0 heterocycles. The highest BCUT2D eigenvalue weighted by Gasteiger charge is 2.22. The summed E-state index contributed by atoms with van der Waals surface area (Å²) >= 11 is 0. The minimum atomic E-state index is -0.508. The van der Waals surface area contributed by atoms with Crippen molar-refractivity contribution in [2.24, 2.45) is 5.73 Å². The van der Waals surface area contributed by atoms with E-state index in [0.29, 0.717) is 6.54 Å². The van der Waals surface area contributed by atoms with Crippen LogP contribution in [-0.4, -0.2) is 11.9 Å². The van der Waals surface area contributed by atoms with Crippen LogP contribution in [0.2, 0.25) is 0 Å². The fourth-order valence-corrected chi connectivity index (χ4v) is 2.21. The first-order valence-electron chi connectivity index (χ1n) is 6.91. The Morgan fingerprint density at radius 3 is 2.29 bits per heavy atom. The first kappa shape index (κ1) is 15.2. The molecular formula is C17H19FN2O. The molecule has 0 aliphatic rings. The summed E-state index contributed by atoms with van der Waals surface area (Å²) < 4.78 is 13.8. The van der Waals surface area contributed by atoms with Gasteiger partial charge in [0.25, 0.3) is 5.91 Å². The summed E-state index contributed by atoms with van der Waals surface area (Å²) in [6.45, 7) is 4.24. The van der Waals surface area contributed by atoms with Gasteiger partial charge in [-0.2, -0.15) is 0 Å². The number of carbonyl (C=O) groups excluding carboxylic acids is 1. The Kier molecular flexibility index (Phi) is 4.70. The van der Waals surface area contributed by atoms with Crippen LogP contribution in [0.5, 0.6) is 0 Å². The van der Waals surface area contributed by atoms with Crippen molar-refractivity contribution >= 4 is 11.6 Å². The predicted molar refractivity (Wildman–Crippen MR) is 82.7 cm³/mol. The number of carbonyl (C=O) groups is 1. The van der Waals surface area contributed by atoms with Crippen molar-refractivity contribution in [2.45, 2.75) is 26.4 Å². The van der Waals surface area contributed by atoms with Crippen LogP contribution in [-0.2, 0) is 6.54 Å². The number of hydrogen-bond donors (Lipinski definition) is 1. The molecule has 110 valence electrons. The van der Waals surface area contributed by atoms with Gasteiger partial charge in [-0.05, 0) is 43.7 Å². The third-order valence-electron chi connectivity index (χ3n) is 3.29. The largest absolute Gasteiger partial charge is 0.326 e. The summed E-state index contributed by atoms with van der Waals surface area (Å²) in [7, 11) is 0. The average molecular weight is 286 g/mol. The van der Waals surface area contributed by atoms with Gasteiger partial charge in [0, 0.05) is 18.3 Å². The summed E-state index contributed by atoms with van der Waals surface area (Å²) in [5.41, 5.74) is 7.37. The van der Waals surface area contributed by atoms with Crippen molar-refractivity contribution in [3.8, 4) is 0 Å². The number of hydrogen-bond acceptors (Lipinski definition) is 2. The molecule has 0 aromatic heterocycles. The third-order valence-corrected chi connectivity index (χ3v) is 3.29. The van der Waals surface area contributed by atoms with Crippen LogP contribution in [0.1, 0.15) is 29.8 Å². The molecule has 2 N–H and O–H groups in total. The minimum absolute atomic E-state index is 0.0779. The van der Waals surface area contributed by atoms with Gasteiger partial charge in [0.2, 0.25) is 0 Å². The van der Waals surface area contributed by atoms with Gasteiger partial charge in [0.05, 0.1) is 5.56 Å². The Bertz CT molecular complexity index is 623. The molecule has 21 heavy (non-hydrogen) atoms. The SMILES string of the molecule is CC(C)N(C(=O)c1ccccc1F)c1ccc(CN)cc1. The normalized spacial score (nSPS) is 10.7. The van der Waals surface area contributed by atoms with E-state index in [0.717, 1.165) is 11.3 Å². The fraction of sp³-hybridized carbons (Fsp3) is 0.235. The van der Waals surface area contributed by atoms with Crippen molar-refractivity contribution in [3.05, 3.63) is 65.5 Å². The standard InChI is InChI=1S/C17H19FN2O/c1-12(2)20(14-9-7-13(11-19)8-10-14)17(21)15-5-3-4-6-16(15)18/h3-10,12H,11,19H2,1-2H3. The third kappa shape index (κ3) is 3.28. The molecule has 2 aromatic carbocycles. The van der Waals surface area contributed by atoms with E-state index < -0.39 is 5.82 Å². The molecule has 3 nitrogen and oxygen atoms in total. The van der Waals surface area contributed by atoms with Crippen LogP contribution in [0, 0.1) is 5.82 Å². The second-order valence-corrected chi connectivity index (χ2v) is 5.12. The van der Waals surface area contributed by atoms with E-state index in [4.69, 9.17) is 5.73 Å². The monoisotopic (exact) mass is 286 g/mol. The maximum Gasteiger partial charge on any atom is 0.261 e. The topological polar surface area (TPSA) is 46.3 Å². The van der Waals surface area contributed by atoms with Gasteiger partial charge in [-0.25, -0.2) is 4.39 Å². The van der Waals surface area contributed by atoms with Gasteiger partial charge < -0.3 is 10.6 Å². The van der Waals surface area contributed by atoms with E-state index in [9.17, 15) is 9.18 Å². The number of amides is 1. The first-order valence-corrected chi connectivity index (χ1v) is 6.91. The van der Waals surface area contributed by atoms with E-state index >= 15 is 0 Å². The Balaban J connectivity index is 2.39. The summed E-state index contributed by atoms with van der Waals surface area (Å²) in [6, 6.07) is 13.4. The van der Waals surface area contributed by atoms with Gasteiger partial charge in [-0.15, -0.1) is 0 Å². The summed E-state index contributed by atoms with van der Waals surface area (Å²) in [5.74, 6) is -0.852. The van der Waals surface area contributed by atoms with Crippen LogP contribution in [0.15, 0.2) is 48.5 Å². The number of nitrogens with two attached hydrogens (primary N) is 1. The van der Waals surface area contributed by atoms with E-state index in [2.05, 4.69) is 0 Å². The Morgan fingerprint density at radius 1 is 1.14 bits per heavy atom. The van der Waals surface area contributed by atoms with Gasteiger partial charge in [-0.3, -0.25) is 4.79 Å². The van der Waals surface area contributed by atoms with E-state index in [1.165, 1.54) is 12.1 Å². The summed E-state index contributed by atoms with van der Waals surface area (Å²) in [6.07, 6.45) is 0. The van der Waals surface area contributed by atoms with Crippen molar-refractivity contribution < 1.29 is 9.18 Å². The zero-order valence-corrected chi connectivity index (χ0v) is 12.2. The first-order chi connectivity index (χ1) is 10.0. The van der Waals surface area contributed by atoms with Gasteiger partial charge in [0.1, 0.15) is 5.82 Å². The van der Waals surface area contributed by atoms with E-state index in [1.807, 2.05) is 38.1 Å². The molecule has 0 fully saturated rings. The molecular weight excluding hydrogens is 267 g/mol. The van der Waals surface area contributed by atoms with Crippen molar-refractivity contribution in [1.82, 2.24) is 0 Å². The molecule has 0 atom stereocenters. The second-order valence-electron chi connectivity index (χ2n) is 5.12. The van der Waals surface area contributed by atoms with Crippen LogP contribution >= 0.6 is 0 Å². The lowest BCUT2D eigenvalue weighted by Gasteiger charge is -2.27. The minimum Gasteiger partial charge on any atom is -0.326 e. The zero-order chi connectivity index (χ0) is 15.4. The van der Waals surface area contributed by atoms with Crippen LogP contribution in [0.3, 0.4) is 0 Å². The molecule has 0 unspecified atom stereocenters. The lowest BCUT2D eigenvalue weighted by molar-refractivity contribution is 0.0976. The molecule has 0 saturated heterocycles. The average Bonchev–Trinajstić information content (AvgIpc) is 2.48. The Hall–Kier alpha value is -2.20. The number of nitrogens with zero attached hydrogens (tertiary/aromatic N) is 1.